The van der Waals surface area contributed by atoms with Crippen molar-refractivity contribution in [2.24, 2.45) is 0 Å². The van der Waals surface area contributed by atoms with Crippen LogP contribution in [0.15, 0.2) is 48.7 Å². The van der Waals surface area contributed by atoms with Crippen LogP contribution in [0, 0.1) is 0 Å². The highest BCUT2D eigenvalue weighted by molar-refractivity contribution is 6.31. The monoisotopic (exact) mass is 373 g/mol. The molecule has 0 saturated carbocycles. The van der Waals surface area contributed by atoms with Crippen molar-refractivity contribution in [2.45, 2.75) is 6.17 Å². The van der Waals surface area contributed by atoms with E-state index in [9.17, 15) is 10.0 Å². The summed E-state index contributed by atoms with van der Waals surface area (Å²) in [7, 11) is 0. The molecule has 1 aliphatic heterocycles. The average Bonchev–Trinajstić information content (AvgIpc) is 3.29. The van der Waals surface area contributed by atoms with Gasteiger partial charge in [-0.1, -0.05) is 17.7 Å². The number of nitrogens with zero attached hydrogens (tertiary/aromatic N) is 3. The fourth-order valence-corrected chi connectivity index (χ4v) is 3.00. The SMILES string of the molecule is O=C(c1cccc(Cl)c1)N(CC1NNNN1)c1ccc2c(cnn2O)c1. The third-order valence-electron chi connectivity index (χ3n) is 4.08. The van der Waals surface area contributed by atoms with E-state index in [0.29, 0.717) is 28.3 Å². The topological polar surface area (TPSA) is 106 Å². The number of benzene rings is 2. The van der Waals surface area contributed by atoms with E-state index in [2.05, 4.69) is 27.0 Å². The molecule has 1 fully saturated rings. The number of nitrogens with one attached hydrogen (secondary N) is 4. The molecule has 2 aromatic carbocycles. The first kappa shape index (κ1) is 16.8. The minimum absolute atomic E-state index is 0.196. The Labute approximate surface area is 153 Å². The number of rotatable bonds is 4. The summed E-state index contributed by atoms with van der Waals surface area (Å²) in [6.45, 7) is 0.337. The Morgan fingerprint density at radius 1 is 1.23 bits per heavy atom. The molecule has 0 spiro atoms. The van der Waals surface area contributed by atoms with Gasteiger partial charge < -0.3 is 10.1 Å². The van der Waals surface area contributed by atoms with Gasteiger partial charge in [0.05, 0.1) is 12.7 Å². The molecular weight excluding hydrogens is 358 g/mol. The summed E-state index contributed by atoms with van der Waals surface area (Å²) in [4.78, 5) is 15.6. The Bertz CT molecular complexity index is 955. The predicted octanol–water partition coefficient (Wildman–Crippen LogP) is 1.02. The van der Waals surface area contributed by atoms with Gasteiger partial charge >= 0.3 is 0 Å². The Morgan fingerprint density at radius 3 is 2.81 bits per heavy atom. The van der Waals surface area contributed by atoms with Crippen LogP contribution in [0.2, 0.25) is 5.02 Å². The lowest BCUT2D eigenvalue weighted by molar-refractivity contribution is 0.0984. The highest BCUT2D eigenvalue weighted by atomic mass is 35.5. The van der Waals surface area contributed by atoms with Crippen LogP contribution < -0.4 is 26.8 Å². The van der Waals surface area contributed by atoms with Gasteiger partial charge in [0.2, 0.25) is 0 Å². The zero-order chi connectivity index (χ0) is 18.1. The highest BCUT2D eigenvalue weighted by Gasteiger charge is 2.24. The molecule has 1 amide bonds. The van der Waals surface area contributed by atoms with Crippen molar-refractivity contribution in [3.05, 3.63) is 59.2 Å². The van der Waals surface area contributed by atoms with Gasteiger partial charge in [-0.3, -0.25) is 4.79 Å². The van der Waals surface area contributed by atoms with E-state index in [4.69, 9.17) is 11.6 Å². The molecule has 26 heavy (non-hydrogen) atoms. The molecule has 0 unspecified atom stereocenters. The molecule has 134 valence electrons. The van der Waals surface area contributed by atoms with Crippen LogP contribution in [0.1, 0.15) is 10.4 Å². The highest BCUT2D eigenvalue weighted by Crippen LogP contribution is 2.24. The quantitative estimate of drug-likeness (QED) is 0.435. The third-order valence-corrected chi connectivity index (χ3v) is 4.32. The van der Waals surface area contributed by atoms with Crippen molar-refractivity contribution in [3.63, 3.8) is 0 Å². The number of aromatic nitrogens is 2. The van der Waals surface area contributed by atoms with Gasteiger partial charge in [0.1, 0.15) is 11.7 Å². The number of anilines is 1. The standard InChI is InChI=1S/C16H16ClN7O2/c17-12-3-1-2-10(6-12)16(25)23(9-15-19-21-22-20-15)13-4-5-14-11(7-13)8-18-24(14)26/h1-8,15,19-22,26H,9H2. The predicted molar refractivity (Wildman–Crippen MR) is 96.4 cm³/mol. The van der Waals surface area contributed by atoms with Crippen molar-refractivity contribution < 1.29 is 10.0 Å². The van der Waals surface area contributed by atoms with E-state index in [1.165, 1.54) is 6.20 Å². The first-order valence-corrected chi connectivity index (χ1v) is 8.25. The summed E-state index contributed by atoms with van der Waals surface area (Å²) >= 11 is 6.04. The number of halogens is 1. The summed E-state index contributed by atoms with van der Waals surface area (Å²) in [5, 5.41) is 14.7. The molecule has 1 aromatic heterocycles. The smallest absolute Gasteiger partial charge is 0.258 e. The Kier molecular flexibility index (Phi) is 4.45. The Hall–Kier alpha value is -2.69. The molecular formula is C16H16ClN7O2. The largest absolute Gasteiger partial charge is 0.411 e. The molecule has 0 radical (unpaired) electrons. The molecule has 0 aliphatic carbocycles. The number of carbonyl (C=O) groups is 1. The number of fused-ring (bicyclic) bond motifs is 1. The summed E-state index contributed by atoms with van der Waals surface area (Å²) in [6, 6.07) is 12.1. The molecule has 4 rings (SSSR count). The second-order valence-corrected chi connectivity index (χ2v) is 6.23. The molecule has 10 heteroatoms. The van der Waals surface area contributed by atoms with Crippen LogP contribution in [0.25, 0.3) is 10.9 Å². The zero-order valence-corrected chi connectivity index (χ0v) is 14.2. The number of hydrogen-bond acceptors (Lipinski definition) is 7. The maximum atomic E-state index is 13.1. The van der Waals surface area contributed by atoms with Crippen LogP contribution in [-0.2, 0) is 0 Å². The van der Waals surface area contributed by atoms with Crippen LogP contribution in [0.4, 0.5) is 5.69 Å². The third kappa shape index (κ3) is 3.21. The van der Waals surface area contributed by atoms with Gasteiger partial charge in [-0.15, -0.1) is 9.94 Å². The number of hydrazine groups is 3. The first-order chi connectivity index (χ1) is 12.6. The normalized spacial score (nSPS) is 14.8. The second kappa shape index (κ2) is 6.90. The van der Waals surface area contributed by atoms with E-state index >= 15 is 0 Å². The maximum Gasteiger partial charge on any atom is 0.258 e. The van der Waals surface area contributed by atoms with Crippen LogP contribution in [0.5, 0.6) is 0 Å². The fourth-order valence-electron chi connectivity index (χ4n) is 2.81. The van der Waals surface area contributed by atoms with Crippen LogP contribution in [-0.4, -0.2) is 33.8 Å². The van der Waals surface area contributed by atoms with Crippen molar-refractivity contribution in [3.8, 4) is 0 Å². The molecule has 9 nitrogen and oxygen atoms in total. The Morgan fingerprint density at radius 2 is 2.04 bits per heavy atom. The lowest BCUT2D eigenvalue weighted by atomic mass is 10.1. The molecule has 5 N–H and O–H groups in total. The van der Waals surface area contributed by atoms with Gasteiger partial charge in [0.15, 0.2) is 0 Å². The van der Waals surface area contributed by atoms with Crippen LogP contribution in [0.3, 0.4) is 0 Å². The molecule has 0 bridgehead atoms. The molecule has 0 atom stereocenters. The van der Waals surface area contributed by atoms with E-state index in [1.807, 2.05) is 0 Å². The number of amides is 1. The lowest BCUT2D eigenvalue weighted by Crippen LogP contribution is -2.47. The molecule has 3 aromatic rings. The van der Waals surface area contributed by atoms with Gasteiger partial charge in [0, 0.05) is 21.7 Å². The van der Waals surface area contributed by atoms with Crippen molar-refractivity contribution >= 4 is 34.1 Å². The summed E-state index contributed by atoms with van der Waals surface area (Å²) in [5.41, 5.74) is 13.1. The van der Waals surface area contributed by atoms with E-state index < -0.39 is 0 Å². The fraction of sp³-hybridized carbons (Fsp3) is 0.125. The van der Waals surface area contributed by atoms with Crippen LogP contribution >= 0.6 is 11.6 Å². The lowest BCUT2D eigenvalue weighted by Gasteiger charge is -2.25. The van der Waals surface area contributed by atoms with Gasteiger partial charge in [-0.05, 0) is 36.4 Å². The van der Waals surface area contributed by atoms with E-state index in [0.717, 1.165) is 10.2 Å². The second-order valence-electron chi connectivity index (χ2n) is 5.79. The molecule has 1 aliphatic rings. The van der Waals surface area contributed by atoms with E-state index in [-0.39, 0.29) is 12.1 Å². The maximum absolute atomic E-state index is 13.1. The summed E-state index contributed by atoms with van der Waals surface area (Å²) in [5.74, 6) is -0.196. The number of carbonyl (C=O) groups excluding carboxylic acids is 1. The van der Waals surface area contributed by atoms with Gasteiger partial charge in [-0.25, -0.2) is 10.9 Å². The van der Waals surface area contributed by atoms with E-state index in [1.54, 1.807) is 47.4 Å². The zero-order valence-electron chi connectivity index (χ0n) is 13.5. The molecule has 1 saturated heterocycles. The first-order valence-electron chi connectivity index (χ1n) is 7.87. The number of hydrogen-bond donors (Lipinski definition) is 5. The molecule has 2 heterocycles. The summed E-state index contributed by atoms with van der Waals surface area (Å²) < 4.78 is 0. The van der Waals surface area contributed by atoms with Gasteiger partial charge in [0.25, 0.3) is 5.91 Å². The Balaban J connectivity index is 1.72. The van der Waals surface area contributed by atoms with Crippen molar-refractivity contribution in [2.75, 3.05) is 11.4 Å². The minimum Gasteiger partial charge on any atom is -0.411 e. The summed E-state index contributed by atoms with van der Waals surface area (Å²) in [6.07, 6.45) is 1.32. The van der Waals surface area contributed by atoms with Gasteiger partial charge in [-0.2, -0.15) is 11.1 Å². The minimum atomic E-state index is -0.214. The van der Waals surface area contributed by atoms with Crippen molar-refractivity contribution in [1.82, 2.24) is 31.9 Å². The average molecular weight is 374 g/mol. The van der Waals surface area contributed by atoms with Crippen molar-refractivity contribution in [1.29, 1.82) is 0 Å².